The molecule has 2 aliphatic rings. The van der Waals surface area contributed by atoms with Crippen molar-refractivity contribution in [3.63, 3.8) is 0 Å². The second-order valence-corrected chi connectivity index (χ2v) is 7.07. The third-order valence-corrected chi connectivity index (χ3v) is 5.36. The molecule has 1 aliphatic heterocycles. The largest absolute Gasteiger partial charge is 0.376 e. The molecular formula is C21H24N5O3+. The maximum atomic E-state index is 12.8. The molecular weight excluding hydrogens is 370 g/mol. The summed E-state index contributed by atoms with van der Waals surface area (Å²) in [5, 5.41) is 12.6. The van der Waals surface area contributed by atoms with E-state index in [1.165, 1.54) is 0 Å². The number of nitrogens with two attached hydrogens (primary N) is 1. The van der Waals surface area contributed by atoms with Crippen LogP contribution in [0.1, 0.15) is 20.7 Å². The number of hydrogen-bond donors (Lipinski definition) is 3. The van der Waals surface area contributed by atoms with E-state index in [2.05, 4.69) is 20.1 Å². The predicted molar refractivity (Wildman–Crippen MR) is 107 cm³/mol. The average Bonchev–Trinajstić information content (AvgIpc) is 2.78. The number of aromatic nitrogens is 1. The lowest BCUT2D eigenvalue weighted by molar-refractivity contribution is -0.846. The third kappa shape index (κ3) is 3.91. The number of benzene rings is 1. The van der Waals surface area contributed by atoms with Gasteiger partial charge in [-0.3, -0.25) is 14.5 Å². The van der Waals surface area contributed by atoms with Crippen LogP contribution in [-0.4, -0.2) is 65.9 Å². The molecule has 1 aliphatic carbocycles. The molecule has 4 N–H and O–H groups in total. The van der Waals surface area contributed by atoms with Gasteiger partial charge in [0.1, 0.15) is 5.82 Å². The van der Waals surface area contributed by atoms with Crippen molar-refractivity contribution in [2.45, 2.75) is 0 Å². The zero-order chi connectivity index (χ0) is 20.2. The van der Waals surface area contributed by atoms with Crippen LogP contribution in [0.15, 0.2) is 60.1 Å². The fraction of sp³-hybridized carbons (Fsp3) is 0.286. The Morgan fingerprint density at radius 1 is 0.966 bits per heavy atom. The van der Waals surface area contributed by atoms with Crippen LogP contribution in [0.3, 0.4) is 0 Å². The van der Waals surface area contributed by atoms with Gasteiger partial charge >= 0.3 is 0 Å². The summed E-state index contributed by atoms with van der Waals surface area (Å²) in [7, 11) is 0. The Kier molecular flexibility index (Phi) is 5.66. The van der Waals surface area contributed by atoms with Crippen LogP contribution in [0.5, 0.6) is 0 Å². The maximum Gasteiger partial charge on any atom is 0.252 e. The van der Waals surface area contributed by atoms with Gasteiger partial charge in [0, 0.05) is 56.6 Å². The number of allylic oxidation sites excluding steroid dienone is 2. The third-order valence-electron chi connectivity index (χ3n) is 5.36. The highest BCUT2D eigenvalue weighted by atomic mass is 16.5. The first kappa shape index (κ1) is 19.3. The summed E-state index contributed by atoms with van der Waals surface area (Å²) in [5.41, 5.74) is 1.62. The molecule has 4 rings (SSSR count). The number of carbonyl (C=O) groups is 2. The number of pyridine rings is 1. The van der Waals surface area contributed by atoms with Gasteiger partial charge < -0.3 is 10.2 Å². The molecule has 1 saturated heterocycles. The number of quaternary nitrogens is 1. The van der Waals surface area contributed by atoms with Gasteiger partial charge in [0.2, 0.25) is 11.5 Å². The van der Waals surface area contributed by atoms with E-state index in [-0.39, 0.29) is 23.0 Å². The van der Waals surface area contributed by atoms with Gasteiger partial charge in [0.15, 0.2) is 5.70 Å². The normalized spacial score (nSPS) is 17.5. The summed E-state index contributed by atoms with van der Waals surface area (Å²) in [4.78, 5) is 34.3. The van der Waals surface area contributed by atoms with E-state index in [1.807, 2.05) is 18.2 Å². The molecule has 1 aromatic heterocycles. The van der Waals surface area contributed by atoms with Gasteiger partial charge in [-0.1, -0.05) is 30.3 Å². The maximum absolute atomic E-state index is 12.8. The highest BCUT2D eigenvalue weighted by Gasteiger charge is 2.35. The van der Waals surface area contributed by atoms with Gasteiger partial charge in [-0.25, -0.2) is 10.2 Å². The lowest BCUT2D eigenvalue weighted by Crippen LogP contribution is -2.81. The lowest BCUT2D eigenvalue weighted by Gasteiger charge is -2.35. The SMILES string of the molecule is O=C1C(NCCN2CCN(c3ccccn3)CC2)=C([NH2+]O)C(=O)c2ccccc21. The molecule has 2 heterocycles. The molecule has 0 radical (unpaired) electrons. The topological polar surface area (TPSA) is 102 Å². The summed E-state index contributed by atoms with van der Waals surface area (Å²) in [6, 6.07) is 12.6. The second kappa shape index (κ2) is 8.52. The lowest BCUT2D eigenvalue weighted by atomic mass is 9.90. The number of hydroxylamine groups is 1. The fourth-order valence-electron chi connectivity index (χ4n) is 3.77. The number of ketones is 2. The van der Waals surface area contributed by atoms with Gasteiger partial charge in [0.25, 0.3) is 5.78 Å². The van der Waals surface area contributed by atoms with E-state index in [1.54, 1.807) is 30.5 Å². The molecule has 8 heteroatoms. The first-order valence-electron chi connectivity index (χ1n) is 9.71. The summed E-state index contributed by atoms with van der Waals surface area (Å²) in [6.45, 7) is 4.82. The van der Waals surface area contributed by atoms with Crippen LogP contribution in [-0.2, 0) is 0 Å². The number of fused-ring (bicyclic) bond motifs is 1. The van der Waals surface area contributed by atoms with Crippen molar-refractivity contribution in [2.24, 2.45) is 0 Å². The van der Waals surface area contributed by atoms with E-state index in [4.69, 9.17) is 0 Å². The number of nitrogens with one attached hydrogen (secondary N) is 1. The van der Waals surface area contributed by atoms with Gasteiger partial charge in [-0.2, -0.15) is 5.48 Å². The minimum Gasteiger partial charge on any atom is -0.376 e. The molecule has 0 amide bonds. The fourth-order valence-corrected chi connectivity index (χ4v) is 3.77. The number of piperazine rings is 1. The minimum atomic E-state index is -0.339. The van der Waals surface area contributed by atoms with Crippen molar-refractivity contribution < 1.29 is 20.3 Å². The smallest absolute Gasteiger partial charge is 0.252 e. The molecule has 0 atom stereocenters. The van der Waals surface area contributed by atoms with Crippen LogP contribution < -0.4 is 15.7 Å². The molecule has 0 unspecified atom stereocenters. The first-order chi connectivity index (χ1) is 14.2. The minimum absolute atomic E-state index is 0.0219. The van der Waals surface area contributed by atoms with Gasteiger partial charge in [-0.05, 0) is 12.1 Å². The summed E-state index contributed by atoms with van der Waals surface area (Å²) < 4.78 is 0. The highest BCUT2D eigenvalue weighted by molar-refractivity contribution is 6.25. The number of rotatable bonds is 6. The summed E-state index contributed by atoms with van der Waals surface area (Å²) in [5.74, 6) is 0.387. The second-order valence-electron chi connectivity index (χ2n) is 7.07. The Bertz CT molecular complexity index is 936. The Hall–Kier alpha value is -3.07. The van der Waals surface area contributed by atoms with Crippen molar-refractivity contribution in [3.8, 4) is 0 Å². The Morgan fingerprint density at radius 3 is 2.31 bits per heavy atom. The van der Waals surface area contributed by atoms with Crippen LogP contribution in [0, 0.1) is 0 Å². The Labute approximate surface area is 168 Å². The molecule has 150 valence electrons. The standard InChI is InChI=1S/C21H23N5O3/c27-20-15-5-1-2-6-16(15)21(28)19(24-29)18(20)23-9-10-25-11-13-26(14-12-25)17-7-3-4-8-22-17/h1-8,23-24,29H,9-14H2/p+1. The monoisotopic (exact) mass is 394 g/mol. The van der Waals surface area contributed by atoms with Gasteiger partial charge in [-0.15, -0.1) is 0 Å². The molecule has 1 fully saturated rings. The van der Waals surface area contributed by atoms with Crippen molar-refractivity contribution in [2.75, 3.05) is 44.2 Å². The van der Waals surface area contributed by atoms with Crippen LogP contribution >= 0.6 is 0 Å². The average molecular weight is 394 g/mol. The number of carbonyl (C=O) groups excluding carboxylic acids is 2. The van der Waals surface area contributed by atoms with Crippen molar-refractivity contribution in [1.82, 2.24) is 15.2 Å². The molecule has 1 aromatic carbocycles. The number of nitrogens with zero attached hydrogens (tertiary/aromatic N) is 3. The first-order valence-corrected chi connectivity index (χ1v) is 9.71. The van der Waals surface area contributed by atoms with Crippen LogP contribution in [0.25, 0.3) is 0 Å². The molecule has 8 nitrogen and oxygen atoms in total. The molecule has 2 aromatic rings. The summed E-state index contributed by atoms with van der Waals surface area (Å²) in [6.07, 6.45) is 1.80. The zero-order valence-electron chi connectivity index (χ0n) is 16.0. The predicted octanol–water partition coefficient (Wildman–Crippen LogP) is 0.0366. The zero-order valence-corrected chi connectivity index (χ0v) is 16.0. The van der Waals surface area contributed by atoms with Crippen molar-refractivity contribution >= 4 is 17.4 Å². The Balaban J connectivity index is 1.35. The van der Waals surface area contributed by atoms with E-state index >= 15 is 0 Å². The molecule has 0 spiro atoms. The quantitative estimate of drug-likeness (QED) is 0.595. The van der Waals surface area contributed by atoms with E-state index in [9.17, 15) is 14.8 Å². The number of hydrogen-bond acceptors (Lipinski definition) is 7. The van der Waals surface area contributed by atoms with Crippen molar-refractivity contribution in [3.05, 3.63) is 71.2 Å². The number of Topliss-reactive ketones (excluding diaryl/α,β-unsaturated/α-hetero) is 2. The van der Waals surface area contributed by atoms with E-state index < -0.39 is 0 Å². The van der Waals surface area contributed by atoms with Crippen LogP contribution in [0.2, 0.25) is 0 Å². The van der Waals surface area contributed by atoms with Gasteiger partial charge in [0.05, 0.1) is 0 Å². The molecule has 0 bridgehead atoms. The molecule has 29 heavy (non-hydrogen) atoms. The Morgan fingerprint density at radius 2 is 1.66 bits per heavy atom. The van der Waals surface area contributed by atoms with E-state index in [0.717, 1.165) is 44.0 Å². The van der Waals surface area contributed by atoms with E-state index in [0.29, 0.717) is 17.7 Å². The molecule has 0 saturated carbocycles. The van der Waals surface area contributed by atoms with Crippen molar-refractivity contribution in [1.29, 1.82) is 0 Å². The summed E-state index contributed by atoms with van der Waals surface area (Å²) >= 11 is 0. The highest BCUT2D eigenvalue weighted by Crippen LogP contribution is 2.22. The number of anilines is 1. The van der Waals surface area contributed by atoms with Crippen LogP contribution in [0.4, 0.5) is 5.82 Å².